The van der Waals surface area contributed by atoms with Crippen LogP contribution < -0.4 is 0 Å². The van der Waals surface area contributed by atoms with E-state index >= 15 is 0 Å². The van der Waals surface area contributed by atoms with Gasteiger partial charge in [0, 0.05) is 25.7 Å². The number of hydrogen-bond donors (Lipinski definition) is 3. The summed E-state index contributed by atoms with van der Waals surface area (Å²) in [6.45, 7) is 4.56. The Kier molecular flexibility index (Phi) is 76.3. The Morgan fingerprint density at radius 1 is 0.269 bits per heavy atom. The van der Waals surface area contributed by atoms with E-state index in [0.717, 1.165) is 167 Å². The molecule has 0 spiro atoms. The van der Waals surface area contributed by atoms with Crippen molar-refractivity contribution in [2.24, 2.45) is 0 Å². The molecule has 0 aliphatic carbocycles. The number of phosphoric ester groups is 2. The summed E-state index contributed by atoms with van der Waals surface area (Å²) in [6.07, 6.45) is 92.4. The normalized spacial score (nSPS) is 14.5. The lowest BCUT2D eigenvalue weighted by molar-refractivity contribution is -0.161. The summed E-state index contributed by atoms with van der Waals surface area (Å²) < 4.78 is 68.7. The van der Waals surface area contributed by atoms with E-state index in [4.69, 9.17) is 37.0 Å². The Labute approximate surface area is 656 Å². The Bertz CT molecular complexity index is 2610. The van der Waals surface area contributed by atoms with Crippen LogP contribution in [0.3, 0.4) is 0 Å². The Morgan fingerprint density at radius 2 is 0.481 bits per heavy atom. The standard InChI is InChI=1S/C89H150O17P2/c1-5-9-13-17-21-25-29-33-37-39-41-43-47-51-55-59-63-67-71-75-88(93)105-84(79-99-86(91)73-69-65-61-57-53-49-45-35-31-27-23-19-15-11-7-3)81-103-107(95,96)101-77-83(90)78-102-108(97,98)104-82-85(80-100-87(92)74-70-66-62-58-54-50-46-36-32-28-24-20-16-12-8-4)106-89(94)76-72-68-64-60-56-52-48-44-42-40-38-34-30-26-22-18-14-10-6-2/h9-10,13-14,21-23,25-27,33-35,37-38,41-45,51-52,55-56,83-85,90H,5-8,11-12,15-20,24,28-32,36,39-40,46-50,53-54,57-82H2,1-4H3,(H,95,96)(H,97,98)/b13-9-,14-10-,25-21-,26-22-,27-23-,37-33-,38-34-,43-41-,44-42-,45-35-,55-51-,56-52-/t83-,84-,85-/m1/s1. The summed E-state index contributed by atoms with van der Waals surface area (Å²) in [5.74, 6) is -2.26. The van der Waals surface area contributed by atoms with Gasteiger partial charge in [0.05, 0.1) is 26.4 Å². The number of unbranched alkanes of at least 4 members (excludes halogenated alkanes) is 28. The number of aliphatic hydroxyl groups is 1. The first-order valence-corrected chi connectivity index (χ1v) is 45.1. The number of hydrogen-bond acceptors (Lipinski definition) is 15. The number of carbonyl (C=O) groups excluding carboxylic acids is 4. The van der Waals surface area contributed by atoms with E-state index in [1.807, 2.05) is 0 Å². The number of allylic oxidation sites excluding steroid dienone is 24. The Balaban J connectivity index is 5.46. The maximum absolute atomic E-state index is 13.1. The van der Waals surface area contributed by atoms with Crippen molar-refractivity contribution in [1.29, 1.82) is 0 Å². The number of phosphoric acid groups is 2. The van der Waals surface area contributed by atoms with Crippen LogP contribution in [-0.4, -0.2) is 96.7 Å². The van der Waals surface area contributed by atoms with Crippen LogP contribution in [0.5, 0.6) is 0 Å². The van der Waals surface area contributed by atoms with Gasteiger partial charge in [0.15, 0.2) is 12.2 Å². The topological polar surface area (TPSA) is 237 Å². The van der Waals surface area contributed by atoms with Crippen LogP contribution in [0, 0.1) is 0 Å². The van der Waals surface area contributed by atoms with Gasteiger partial charge < -0.3 is 33.8 Å². The monoisotopic (exact) mass is 1550 g/mol. The first kappa shape index (κ1) is 103. The van der Waals surface area contributed by atoms with Gasteiger partial charge in [-0.3, -0.25) is 37.3 Å². The molecule has 0 aromatic rings. The minimum absolute atomic E-state index is 0.0484. The number of carbonyl (C=O) groups is 4. The molecule has 618 valence electrons. The predicted molar refractivity (Wildman–Crippen MR) is 445 cm³/mol. The van der Waals surface area contributed by atoms with Gasteiger partial charge in [-0.2, -0.15) is 0 Å². The smallest absolute Gasteiger partial charge is 0.462 e. The van der Waals surface area contributed by atoms with Crippen molar-refractivity contribution in [3.05, 3.63) is 146 Å². The zero-order chi connectivity index (χ0) is 78.9. The lowest BCUT2D eigenvalue weighted by Crippen LogP contribution is -2.30. The summed E-state index contributed by atoms with van der Waals surface area (Å²) in [4.78, 5) is 73.2. The molecule has 0 saturated heterocycles. The second-order valence-corrected chi connectivity index (χ2v) is 30.6. The van der Waals surface area contributed by atoms with Gasteiger partial charge in [-0.05, 0) is 148 Å². The van der Waals surface area contributed by atoms with Gasteiger partial charge in [0.2, 0.25) is 0 Å². The summed E-state index contributed by atoms with van der Waals surface area (Å²) in [5, 5.41) is 10.7. The lowest BCUT2D eigenvalue weighted by atomic mass is 10.0. The van der Waals surface area contributed by atoms with Crippen molar-refractivity contribution < 1.29 is 80.2 Å². The molecule has 17 nitrogen and oxygen atoms in total. The lowest BCUT2D eigenvalue weighted by Gasteiger charge is -2.21. The van der Waals surface area contributed by atoms with Gasteiger partial charge in [-0.1, -0.05) is 308 Å². The van der Waals surface area contributed by atoms with Crippen LogP contribution in [0.1, 0.15) is 336 Å². The van der Waals surface area contributed by atoms with Crippen molar-refractivity contribution in [1.82, 2.24) is 0 Å². The van der Waals surface area contributed by atoms with Crippen molar-refractivity contribution in [3.63, 3.8) is 0 Å². The third-order valence-corrected chi connectivity index (χ3v) is 19.2. The molecule has 0 fully saturated rings. The van der Waals surface area contributed by atoms with Gasteiger partial charge in [0.1, 0.15) is 19.3 Å². The minimum Gasteiger partial charge on any atom is -0.462 e. The number of ether oxygens (including phenoxy) is 4. The zero-order valence-electron chi connectivity index (χ0n) is 67.7. The SMILES string of the molecule is CC/C=C\C/C=C\C/C=C\C/C=C\C/C=C\CCCCCC(=O)O[C@H](COC(=O)CCCCCCC/C=C\C/C=C\CCCCC)COP(=O)(O)OC[C@@H](O)COP(=O)(O)OC[C@@H](COC(=O)CCCCCCCCCCCCCCCCC)OC(=O)CCCCC/C=C\C/C=C\C/C=C\C/C=C\C/C=C\CC. The van der Waals surface area contributed by atoms with Crippen LogP contribution in [0.4, 0.5) is 0 Å². The highest BCUT2D eigenvalue weighted by molar-refractivity contribution is 7.47. The summed E-state index contributed by atoms with van der Waals surface area (Å²) in [6, 6.07) is 0. The molecule has 3 N–H and O–H groups in total. The highest BCUT2D eigenvalue weighted by atomic mass is 31.2. The van der Waals surface area contributed by atoms with Crippen LogP contribution in [0.15, 0.2) is 146 Å². The summed E-state index contributed by atoms with van der Waals surface area (Å²) in [5.41, 5.74) is 0. The molecule has 19 heteroatoms. The largest absolute Gasteiger partial charge is 0.472 e. The van der Waals surface area contributed by atoms with E-state index in [0.29, 0.717) is 25.7 Å². The third kappa shape index (κ3) is 79.0. The zero-order valence-corrected chi connectivity index (χ0v) is 69.5. The second kappa shape index (κ2) is 80.0. The number of rotatable bonds is 78. The van der Waals surface area contributed by atoms with Crippen LogP contribution >= 0.6 is 15.6 Å². The fourth-order valence-electron chi connectivity index (χ4n) is 11.0. The average Bonchev–Trinajstić information content (AvgIpc) is 0.907. The molecule has 0 aliphatic rings. The molecular weight excluding hydrogens is 1400 g/mol. The third-order valence-electron chi connectivity index (χ3n) is 17.3. The second-order valence-electron chi connectivity index (χ2n) is 27.7. The van der Waals surface area contributed by atoms with Crippen molar-refractivity contribution >= 4 is 39.5 Å². The fraction of sp³-hybridized carbons (Fsp3) is 0.685. The number of esters is 4. The van der Waals surface area contributed by atoms with E-state index < -0.39 is 97.5 Å². The van der Waals surface area contributed by atoms with Crippen LogP contribution in [-0.2, 0) is 65.4 Å². The summed E-state index contributed by atoms with van der Waals surface area (Å²) in [7, 11) is -10.00. The van der Waals surface area contributed by atoms with E-state index in [1.54, 1.807) is 0 Å². The van der Waals surface area contributed by atoms with Crippen molar-refractivity contribution in [2.45, 2.75) is 354 Å². The molecule has 0 heterocycles. The van der Waals surface area contributed by atoms with Crippen LogP contribution in [0.2, 0.25) is 0 Å². The molecule has 0 radical (unpaired) electrons. The van der Waals surface area contributed by atoms with Gasteiger partial charge in [-0.15, -0.1) is 0 Å². The molecule has 0 aliphatic heterocycles. The molecule has 2 unspecified atom stereocenters. The molecule has 0 bridgehead atoms. The molecular formula is C89H150O17P2. The van der Waals surface area contributed by atoms with Gasteiger partial charge in [-0.25, -0.2) is 9.13 Å². The summed E-state index contributed by atoms with van der Waals surface area (Å²) >= 11 is 0. The molecule has 0 amide bonds. The average molecular weight is 1550 g/mol. The van der Waals surface area contributed by atoms with Gasteiger partial charge >= 0.3 is 39.5 Å². The van der Waals surface area contributed by atoms with E-state index in [-0.39, 0.29) is 25.7 Å². The van der Waals surface area contributed by atoms with E-state index in [2.05, 4.69) is 174 Å². The highest BCUT2D eigenvalue weighted by Crippen LogP contribution is 2.45. The molecule has 0 saturated carbocycles. The highest BCUT2D eigenvalue weighted by Gasteiger charge is 2.30. The van der Waals surface area contributed by atoms with Gasteiger partial charge in [0.25, 0.3) is 0 Å². The minimum atomic E-state index is -5.00. The molecule has 5 atom stereocenters. The first-order valence-electron chi connectivity index (χ1n) is 42.1. The molecule has 0 aromatic heterocycles. The quantitative estimate of drug-likeness (QED) is 0.0169. The van der Waals surface area contributed by atoms with Crippen molar-refractivity contribution in [3.8, 4) is 0 Å². The maximum atomic E-state index is 13.1. The van der Waals surface area contributed by atoms with E-state index in [1.165, 1.54) is 89.9 Å². The molecule has 0 aromatic carbocycles. The van der Waals surface area contributed by atoms with Crippen LogP contribution in [0.25, 0.3) is 0 Å². The fourth-order valence-corrected chi connectivity index (χ4v) is 12.5. The van der Waals surface area contributed by atoms with Crippen molar-refractivity contribution in [2.75, 3.05) is 39.6 Å². The molecule has 108 heavy (non-hydrogen) atoms. The van der Waals surface area contributed by atoms with E-state index in [9.17, 15) is 43.2 Å². The maximum Gasteiger partial charge on any atom is 0.472 e. The predicted octanol–water partition coefficient (Wildman–Crippen LogP) is 25.0. The Hall–Kier alpha value is -5.06. The Morgan fingerprint density at radius 3 is 0.769 bits per heavy atom. The first-order chi connectivity index (χ1) is 52.7. The number of aliphatic hydroxyl groups excluding tert-OH is 1. The molecule has 0 rings (SSSR count).